The van der Waals surface area contributed by atoms with Gasteiger partial charge in [-0.3, -0.25) is 0 Å². The monoisotopic (exact) mass is 439 g/mol. The molecule has 31 heavy (non-hydrogen) atoms. The van der Waals surface area contributed by atoms with Crippen molar-refractivity contribution in [1.82, 2.24) is 4.90 Å². The van der Waals surface area contributed by atoms with Crippen LogP contribution < -0.4 is 0 Å². The van der Waals surface area contributed by atoms with Crippen molar-refractivity contribution in [2.75, 3.05) is 6.54 Å². The third kappa shape index (κ3) is 4.50. The lowest BCUT2D eigenvalue weighted by Crippen LogP contribution is -2.49. The SMILES string of the molecule is C[C@H](O)C[C@@]1(c2cccs2)CCN([C@@H](C)c2ccc(-c3ccc(F)cc3)cc2)C(=O)O1. The fourth-order valence-corrected chi connectivity index (χ4v) is 5.13. The number of rotatable bonds is 6. The van der Waals surface area contributed by atoms with Crippen LogP contribution in [0, 0.1) is 5.82 Å². The summed E-state index contributed by atoms with van der Waals surface area (Å²) in [7, 11) is 0. The van der Waals surface area contributed by atoms with Crippen LogP contribution in [-0.4, -0.2) is 28.7 Å². The molecular weight excluding hydrogens is 413 g/mol. The Morgan fingerprint density at radius 3 is 2.29 bits per heavy atom. The second-order valence-corrected chi connectivity index (χ2v) is 9.09. The highest BCUT2D eigenvalue weighted by molar-refractivity contribution is 7.10. The van der Waals surface area contributed by atoms with E-state index in [0.29, 0.717) is 19.4 Å². The average Bonchev–Trinajstić information content (AvgIpc) is 3.29. The first-order valence-corrected chi connectivity index (χ1v) is 11.3. The minimum atomic E-state index is -0.776. The van der Waals surface area contributed by atoms with Crippen LogP contribution in [0.15, 0.2) is 66.0 Å². The molecule has 1 amide bonds. The number of halogens is 1. The van der Waals surface area contributed by atoms with Gasteiger partial charge in [-0.2, -0.15) is 0 Å². The molecule has 4 rings (SSSR count). The van der Waals surface area contributed by atoms with E-state index in [1.807, 2.05) is 48.7 Å². The first-order chi connectivity index (χ1) is 14.9. The highest BCUT2D eigenvalue weighted by Crippen LogP contribution is 2.42. The molecule has 6 heteroatoms. The number of carbonyl (C=O) groups excluding carboxylic acids is 1. The van der Waals surface area contributed by atoms with E-state index in [2.05, 4.69) is 0 Å². The Morgan fingerprint density at radius 2 is 1.74 bits per heavy atom. The number of aliphatic hydroxyl groups is 1. The molecule has 4 nitrogen and oxygen atoms in total. The fourth-order valence-electron chi connectivity index (χ4n) is 4.23. The Morgan fingerprint density at radius 1 is 1.10 bits per heavy atom. The normalized spacial score (nSPS) is 20.9. The maximum Gasteiger partial charge on any atom is 0.411 e. The molecule has 1 aliphatic rings. The van der Waals surface area contributed by atoms with Crippen LogP contribution >= 0.6 is 11.3 Å². The molecule has 0 saturated carbocycles. The van der Waals surface area contributed by atoms with Crippen LogP contribution in [0.5, 0.6) is 0 Å². The molecule has 1 aliphatic heterocycles. The van der Waals surface area contributed by atoms with Crippen LogP contribution in [-0.2, 0) is 10.3 Å². The van der Waals surface area contributed by atoms with Crippen molar-refractivity contribution in [3.05, 3.63) is 82.3 Å². The number of cyclic esters (lactones) is 1. The summed E-state index contributed by atoms with van der Waals surface area (Å²) in [5, 5.41) is 12.0. The minimum Gasteiger partial charge on any atom is -0.437 e. The molecule has 0 bridgehead atoms. The van der Waals surface area contributed by atoms with Gasteiger partial charge in [-0.15, -0.1) is 11.3 Å². The van der Waals surface area contributed by atoms with Gasteiger partial charge in [-0.05, 0) is 54.1 Å². The van der Waals surface area contributed by atoms with E-state index in [1.54, 1.807) is 35.3 Å². The van der Waals surface area contributed by atoms with Gasteiger partial charge < -0.3 is 14.7 Å². The summed E-state index contributed by atoms with van der Waals surface area (Å²) in [4.78, 5) is 15.7. The van der Waals surface area contributed by atoms with Crippen molar-refractivity contribution in [1.29, 1.82) is 0 Å². The Hall–Kier alpha value is -2.70. The van der Waals surface area contributed by atoms with E-state index in [4.69, 9.17) is 4.74 Å². The highest BCUT2D eigenvalue weighted by Gasteiger charge is 2.44. The predicted octanol–water partition coefficient (Wildman–Crippen LogP) is 6.12. The van der Waals surface area contributed by atoms with Crippen molar-refractivity contribution >= 4 is 17.4 Å². The number of carbonyl (C=O) groups is 1. The van der Waals surface area contributed by atoms with Crippen molar-refractivity contribution in [2.45, 2.75) is 44.4 Å². The first-order valence-electron chi connectivity index (χ1n) is 10.5. The van der Waals surface area contributed by atoms with Crippen LogP contribution in [0.25, 0.3) is 11.1 Å². The number of ether oxygens (including phenoxy) is 1. The molecule has 0 spiro atoms. The lowest BCUT2D eigenvalue weighted by atomic mass is 9.89. The molecule has 3 aromatic rings. The zero-order valence-electron chi connectivity index (χ0n) is 17.6. The Balaban J connectivity index is 1.50. The third-order valence-electron chi connectivity index (χ3n) is 5.91. The number of hydrogen-bond donors (Lipinski definition) is 1. The molecule has 1 fully saturated rings. The summed E-state index contributed by atoms with van der Waals surface area (Å²) in [6, 6.07) is 18.1. The van der Waals surface area contributed by atoms with Crippen LogP contribution in [0.1, 0.15) is 43.2 Å². The Kier molecular flexibility index (Phi) is 6.12. The zero-order valence-corrected chi connectivity index (χ0v) is 18.4. The first kappa shape index (κ1) is 21.5. The number of hydrogen-bond acceptors (Lipinski definition) is 4. The lowest BCUT2D eigenvalue weighted by molar-refractivity contribution is -0.0794. The zero-order chi connectivity index (χ0) is 22.0. The predicted molar refractivity (Wildman–Crippen MR) is 120 cm³/mol. The van der Waals surface area contributed by atoms with Gasteiger partial charge >= 0.3 is 6.09 Å². The summed E-state index contributed by atoms with van der Waals surface area (Å²) >= 11 is 1.55. The maximum atomic E-state index is 13.2. The molecule has 162 valence electrons. The van der Waals surface area contributed by atoms with E-state index >= 15 is 0 Å². The van der Waals surface area contributed by atoms with Crippen molar-refractivity contribution in [3.63, 3.8) is 0 Å². The van der Waals surface area contributed by atoms with Gasteiger partial charge in [-0.25, -0.2) is 9.18 Å². The quantitative estimate of drug-likeness (QED) is 0.503. The van der Waals surface area contributed by atoms with Gasteiger partial charge in [0, 0.05) is 24.3 Å². The van der Waals surface area contributed by atoms with E-state index in [1.165, 1.54) is 12.1 Å². The molecule has 0 aliphatic carbocycles. The van der Waals surface area contributed by atoms with Crippen molar-refractivity contribution < 1.29 is 19.0 Å². The Bertz CT molecular complexity index is 1020. The molecule has 0 unspecified atom stereocenters. The van der Waals surface area contributed by atoms with E-state index in [0.717, 1.165) is 21.6 Å². The summed E-state index contributed by atoms with van der Waals surface area (Å²) in [5.41, 5.74) is 2.16. The second-order valence-electron chi connectivity index (χ2n) is 8.14. The van der Waals surface area contributed by atoms with Gasteiger partial charge in [0.05, 0.1) is 12.1 Å². The number of benzene rings is 2. The van der Waals surface area contributed by atoms with Crippen LogP contribution in [0.4, 0.5) is 9.18 Å². The summed E-state index contributed by atoms with van der Waals surface area (Å²) in [6.07, 6.45) is 0.0732. The summed E-state index contributed by atoms with van der Waals surface area (Å²) < 4.78 is 19.2. The lowest BCUT2D eigenvalue weighted by Gasteiger charge is -2.43. The average molecular weight is 440 g/mol. The molecule has 2 aromatic carbocycles. The van der Waals surface area contributed by atoms with E-state index < -0.39 is 11.7 Å². The topological polar surface area (TPSA) is 49.8 Å². The van der Waals surface area contributed by atoms with Crippen LogP contribution in [0.2, 0.25) is 0 Å². The second kappa shape index (κ2) is 8.81. The molecule has 1 aromatic heterocycles. The van der Waals surface area contributed by atoms with Crippen molar-refractivity contribution in [3.8, 4) is 11.1 Å². The van der Waals surface area contributed by atoms with E-state index in [9.17, 15) is 14.3 Å². The van der Waals surface area contributed by atoms with Gasteiger partial charge in [-0.1, -0.05) is 42.5 Å². The summed E-state index contributed by atoms with van der Waals surface area (Å²) in [6.45, 7) is 4.26. The largest absolute Gasteiger partial charge is 0.437 e. The molecule has 3 atom stereocenters. The highest BCUT2D eigenvalue weighted by atomic mass is 32.1. The standard InChI is InChI=1S/C25H26FNO3S/c1-17(28)16-25(23-4-3-15-31-23)13-14-27(24(29)30-25)18(2)19-5-7-20(8-6-19)21-9-11-22(26)12-10-21/h3-12,15,17-18,28H,13-14,16H2,1-2H3/t17-,18-,25+/m0/s1. The van der Waals surface area contributed by atoms with Gasteiger partial charge in [0.2, 0.25) is 0 Å². The fraction of sp³-hybridized carbons (Fsp3) is 0.320. The van der Waals surface area contributed by atoms with Gasteiger partial charge in [0.1, 0.15) is 5.82 Å². The van der Waals surface area contributed by atoms with Crippen LogP contribution in [0.3, 0.4) is 0 Å². The molecule has 2 heterocycles. The number of aliphatic hydroxyl groups excluding tert-OH is 1. The van der Waals surface area contributed by atoms with E-state index in [-0.39, 0.29) is 18.0 Å². The van der Waals surface area contributed by atoms with Crippen molar-refractivity contribution in [2.24, 2.45) is 0 Å². The third-order valence-corrected chi connectivity index (χ3v) is 6.96. The summed E-state index contributed by atoms with van der Waals surface area (Å²) in [5.74, 6) is -0.258. The molecule has 1 N–H and O–H groups in total. The van der Waals surface area contributed by atoms with Gasteiger partial charge in [0.15, 0.2) is 5.60 Å². The Labute approximate surface area is 185 Å². The van der Waals surface area contributed by atoms with Gasteiger partial charge in [0.25, 0.3) is 0 Å². The molecular formula is C25H26FNO3S. The number of amides is 1. The number of nitrogens with zero attached hydrogens (tertiary/aromatic N) is 1. The number of thiophene rings is 1. The molecule has 0 radical (unpaired) electrons. The molecule has 1 saturated heterocycles. The maximum absolute atomic E-state index is 13.2. The minimum absolute atomic E-state index is 0.150. The smallest absolute Gasteiger partial charge is 0.411 e.